The molecule has 0 aliphatic heterocycles. The van der Waals surface area contributed by atoms with Crippen molar-refractivity contribution < 1.29 is 9.63 Å². The standard InChI is InChI=1S/C21H24N4O2/c1-22-21(23-13-18(15-26)16-8-4-2-5-9-16)24-14-19-12-20(27-25-19)17-10-6-3-7-11-17/h2-12,18,26H,13-15H2,1H3,(H2,22,23,24). The van der Waals surface area contributed by atoms with Crippen LogP contribution >= 0.6 is 0 Å². The highest BCUT2D eigenvalue weighted by molar-refractivity contribution is 5.79. The van der Waals surface area contributed by atoms with E-state index >= 15 is 0 Å². The van der Waals surface area contributed by atoms with Crippen LogP contribution in [-0.4, -0.2) is 36.4 Å². The molecular weight excluding hydrogens is 340 g/mol. The second-order valence-corrected chi connectivity index (χ2v) is 6.15. The van der Waals surface area contributed by atoms with Crippen molar-refractivity contribution in [3.8, 4) is 11.3 Å². The molecule has 0 fully saturated rings. The number of rotatable bonds is 7. The minimum Gasteiger partial charge on any atom is -0.396 e. The predicted octanol–water partition coefficient (Wildman–Crippen LogP) is 2.78. The van der Waals surface area contributed by atoms with Gasteiger partial charge >= 0.3 is 0 Å². The quantitative estimate of drug-likeness (QED) is 0.444. The molecule has 1 atom stereocenters. The lowest BCUT2D eigenvalue weighted by Crippen LogP contribution is -2.39. The Balaban J connectivity index is 1.53. The Morgan fingerprint density at radius 2 is 1.78 bits per heavy atom. The van der Waals surface area contributed by atoms with Gasteiger partial charge < -0.3 is 20.3 Å². The number of aliphatic hydroxyl groups is 1. The number of hydrogen-bond donors (Lipinski definition) is 3. The minimum absolute atomic E-state index is 0.00137. The Morgan fingerprint density at radius 3 is 2.44 bits per heavy atom. The maximum Gasteiger partial charge on any atom is 0.191 e. The second-order valence-electron chi connectivity index (χ2n) is 6.15. The zero-order valence-corrected chi connectivity index (χ0v) is 15.3. The molecule has 3 rings (SSSR count). The van der Waals surface area contributed by atoms with Gasteiger partial charge in [0.05, 0.1) is 13.2 Å². The number of guanidine groups is 1. The molecule has 6 heteroatoms. The molecule has 0 bridgehead atoms. The van der Waals surface area contributed by atoms with Crippen LogP contribution in [0.4, 0.5) is 0 Å². The fourth-order valence-electron chi connectivity index (χ4n) is 2.76. The smallest absolute Gasteiger partial charge is 0.191 e. The SMILES string of the molecule is CN=C(NCc1cc(-c2ccccc2)on1)NCC(CO)c1ccccc1. The molecule has 0 saturated heterocycles. The van der Waals surface area contributed by atoms with Crippen LogP contribution in [0.2, 0.25) is 0 Å². The molecule has 1 unspecified atom stereocenters. The highest BCUT2D eigenvalue weighted by Gasteiger charge is 2.11. The molecule has 3 N–H and O–H groups in total. The lowest BCUT2D eigenvalue weighted by Gasteiger charge is -2.17. The van der Waals surface area contributed by atoms with E-state index in [9.17, 15) is 5.11 Å². The van der Waals surface area contributed by atoms with Gasteiger partial charge in [-0.2, -0.15) is 0 Å². The second kappa shape index (κ2) is 9.54. The van der Waals surface area contributed by atoms with E-state index in [1.54, 1.807) is 7.05 Å². The van der Waals surface area contributed by atoms with Crippen LogP contribution in [0.25, 0.3) is 11.3 Å². The highest BCUT2D eigenvalue weighted by Crippen LogP contribution is 2.19. The minimum atomic E-state index is 0.00137. The van der Waals surface area contributed by atoms with E-state index in [1.165, 1.54) is 0 Å². The summed E-state index contributed by atoms with van der Waals surface area (Å²) in [5.41, 5.74) is 2.87. The van der Waals surface area contributed by atoms with E-state index < -0.39 is 0 Å². The Kier molecular flexibility index (Phi) is 6.60. The van der Waals surface area contributed by atoms with Crippen LogP contribution < -0.4 is 10.6 Å². The van der Waals surface area contributed by atoms with Crippen LogP contribution in [0, 0.1) is 0 Å². The molecule has 27 heavy (non-hydrogen) atoms. The average molecular weight is 364 g/mol. The summed E-state index contributed by atoms with van der Waals surface area (Å²) in [7, 11) is 1.71. The van der Waals surface area contributed by atoms with Crippen molar-refractivity contribution in [3.63, 3.8) is 0 Å². The van der Waals surface area contributed by atoms with Crippen molar-refractivity contribution in [1.82, 2.24) is 15.8 Å². The lowest BCUT2D eigenvalue weighted by atomic mass is 10.0. The zero-order valence-electron chi connectivity index (χ0n) is 15.3. The van der Waals surface area contributed by atoms with Crippen LogP contribution in [0.5, 0.6) is 0 Å². The maximum atomic E-state index is 9.66. The van der Waals surface area contributed by atoms with Crippen LogP contribution in [0.1, 0.15) is 17.2 Å². The fourth-order valence-corrected chi connectivity index (χ4v) is 2.76. The summed E-state index contributed by atoms with van der Waals surface area (Å²) >= 11 is 0. The van der Waals surface area contributed by atoms with E-state index in [-0.39, 0.29) is 12.5 Å². The summed E-state index contributed by atoms with van der Waals surface area (Å²) in [5, 5.41) is 20.2. The largest absolute Gasteiger partial charge is 0.396 e. The molecule has 0 spiro atoms. The van der Waals surface area contributed by atoms with Gasteiger partial charge in [-0.25, -0.2) is 0 Å². The number of hydrogen-bond acceptors (Lipinski definition) is 4. The van der Waals surface area contributed by atoms with Crippen LogP contribution in [-0.2, 0) is 6.54 Å². The van der Waals surface area contributed by atoms with Gasteiger partial charge in [-0.3, -0.25) is 4.99 Å². The topological polar surface area (TPSA) is 82.7 Å². The highest BCUT2D eigenvalue weighted by atomic mass is 16.5. The van der Waals surface area contributed by atoms with Gasteiger partial charge in [-0.15, -0.1) is 0 Å². The van der Waals surface area contributed by atoms with Crippen molar-refractivity contribution >= 4 is 5.96 Å². The molecule has 0 saturated carbocycles. The summed E-state index contributed by atoms with van der Waals surface area (Å²) in [6, 6.07) is 21.7. The van der Waals surface area contributed by atoms with E-state index in [0.29, 0.717) is 19.0 Å². The normalized spacial score (nSPS) is 12.6. The van der Waals surface area contributed by atoms with E-state index in [4.69, 9.17) is 4.52 Å². The van der Waals surface area contributed by atoms with Crippen molar-refractivity contribution in [2.24, 2.45) is 4.99 Å². The molecule has 2 aromatic carbocycles. The summed E-state index contributed by atoms with van der Waals surface area (Å²) in [6.45, 7) is 1.14. The molecule has 0 amide bonds. The lowest BCUT2D eigenvalue weighted by molar-refractivity contribution is 0.265. The van der Waals surface area contributed by atoms with Crippen molar-refractivity contribution in [2.45, 2.75) is 12.5 Å². The van der Waals surface area contributed by atoms with Crippen molar-refractivity contribution in [2.75, 3.05) is 20.2 Å². The Labute approximate surface area is 158 Å². The average Bonchev–Trinajstić information content (AvgIpc) is 3.21. The molecule has 0 aliphatic carbocycles. The third-order valence-electron chi connectivity index (χ3n) is 4.29. The summed E-state index contributed by atoms with van der Waals surface area (Å²) in [5.74, 6) is 1.38. The summed E-state index contributed by atoms with van der Waals surface area (Å²) < 4.78 is 5.41. The molecule has 3 aromatic rings. The Hall–Kier alpha value is -3.12. The number of aromatic nitrogens is 1. The third kappa shape index (κ3) is 5.18. The molecule has 1 aromatic heterocycles. The maximum absolute atomic E-state index is 9.66. The third-order valence-corrected chi connectivity index (χ3v) is 4.29. The Bertz CT molecular complexity index is 847. The number of aliphatic hydroxyl groups excluding tert-OH is 1. The molecule has 0 radical (unpaired) electrons. The first-order chi connectivity index (χ1) is 13.3. The van der Waals surface area contributed by atoms with Crippen LogP contribution in [0.3, 0.4) is 0 Å². The summed E-state index contributed by atoms with van der Waals surface area (Å²) in [4.78, 5) is 4.22. The van der Waals surface area contributed by atoms with Gasteiger partial charge in [0, 0.05) is 31.1 Å². The summed E-state index contributed by atoms with van der Waals surface area (Å²) in [6.07, 6.45) is 0. The molecule has 6 nitrogen and oxygen atoms in total. The number of nitrogens with zero attached hydrogens (tertiary/aromatic N) is 2. The molecule has 140 valence electrons. The van der Waals surface area contributed by atoms with Gasteiger partial charge in [0.1, 0.15) is 5.69 Å². The number of nitrogens with one attached hydrogen (secondary N) is 2. The van der Waals surface area contributed by atoms with E-state index in [1.807, 2.05) is 66.7 Å². The van der Waals surface area contributed by atoms with Crippen LogP contribution in [0.15, 0.2) is 76.2 Å². The van der Waals surface area contributed by atoms with Gasteiger partial charge in [-0.05, 0) is 5.56 Å². The van der Waals surface area contributed by atoms with Gasteiger partial charge in [0.25, 0.3) is 0 Å². The van der Waals surface area contributed by atoms with E-state index in [2.05, 4.69) is 20.8 Å². The number of aliphatic imine (C=N–C) groups is 1. The molecule has 0 aliphatic rings. The Morgan fingerprint density at radius 1 is 1.07 bits per heavy atom. The number of benzene rings is 2. The van der Waals surface area contributed by atoms with Gasteiger partial charge in [0.2, 0.25) is 0 Å². The van der Waals surface area contributed by atoms with E-state index in [0.717, 1.165) is 22.6 Å². The fraction of sp³-hybridized carbons (Fsp3) is 0.238. The predicted molar refractivity (Wildman–Crippen MR) is 106 cm³/mol. The van der Waals surface area contributed by atoms with Gasteiger partial charge in [0.15, 0.2) is 11.7 Å². The van der Waals surface area contributed by atoms with Crippen molar-refractivity contribution in [3.05, 3.63) is 78.0 Å². The first-order valence-electron chi connectivity index (χ1n) is 8.91. The first kappa shape index (κ1) is 18.7. The molecular formula is C21H24N4O2. The van der Waals surface area contributed by atoms with Crippen molar-refractivity contribution in [1.29, 1.82) is 0 Å². The first-order valence-corrected chi connectivity index (χ1v) is 8.91. The van der Waals surface area contributed by atoms with Gasteiger partial charge in [-0.1, -0.05) is 65.8 Å². The monoisotopic (exact) mass is 364 g/mol. The molecule has 1 heterocycles. The zero-order chi connectivity index (χ0) is 18.9.